The van der Waals surface area contributed by atoms with Crippen LogP contribution in [0.15, 0.2) is 60.7 Å². The van der Waals surface area contributed by atoms with Crippen molar-refractivity contribution in [1.29, 1.82) is 0 Å². The highest BCUT2D eigenvalue weighted by Crippen LogP contribution is 2.37. The van der Waals surface area contributed by atoms with E-state index in [1.165, 1.54) is 0 Å². The highest BCUT2D eigenvalue weighted by Gasteiger charge is 2.21. The molecule has 1 aliphatic heterocycles. The normalized spacial score (nSPS) is 12.0. The van der Waals surface area contributed by atoms with Crippen LogP contribution in [0, 0.1) is 13.8 Å². The average molecular weight is 388 g/mol. The Morgan fingerprint density at radius 1 is 1.00 bits per heavy atom. The Morgan fingerprint density at radius 2 is 1.79 bits per heavy atom. The van der Waals surface area contributed by atoms with Crippen molar-refractivity contribution in [1.82, 2.24) is 0 Å². The van der Waals surface area contributed by atoms with Crippen molar-refractivity contribution in [2.75, 3.05) is 17.2 Å². The molecule has 0 saturated heterocycles. The minimum absolute atomic E-state index is 0.131. The van der Waals surface area contributed by atoms with Gasteiger partial charge in [-0.25, -0.2) is 0 Å². The first-order valence-electron chi connectivity index (χ1n) is 9.21. The van der Waals surface area contributed by atoms with Crippen LogP contribution in [0.1, 0.15) is 21.5 Å². The fourth-order valence-corrected chi connectivity index (χ4v) is 3.06. The zero-order valence-corrected chi connectivity index (χ0v) is 16.1. The molecule has 0 atom stereocenters. The first kappa shape index (κ1) is 18.6. The molecule has 4 rings (SSSR count). The Balaban J connectivity index is 1.47. The van der Waals surface area contributed by atoms with Gasteiger partial charge in [0.2, 0.25) is 0 Å². The van der Waals surface area contributed by atoms with Crippen LogP contribution in [0.5, 0.6) is 17.2 Å². The molecule has 2 amide bonds. The fraction of sp³-hybridized carbons (Fsp3) is 0.130. The number of hydrogen-bond acceptors (Lipinski definition) is 4. The SMILES string of the molecule is Cc1cccc(OCC(=O)Nc2ccc3c(c2)C(=O)Nc2cc(C)ccc2O3)c1. The van der Waals surface area contributed by atoms with Gasteiger partial charge in [0.15, 0.2) is 12.4 Å². The van der Waals surface area contributed by atoms with E-state index in [1.807, 2.05) is 50.2 Å². The summed E-state index contributed by atoms with van der Waals surface area (Å²) in [4.78, 5) is 24.9. The zero-order valence-electron chi connectivity index (χ0n) is 16.1. The molecule has 2 N–H and O–H groups in total. The van der Waals surface area contributed by atoms with E-state index in [-0.39, 0.29) is 18.4 Å². The molecule has 3 aromatic carbocycles. The average Bonchev–Trinajstić information content (AvgIpc) is 2.82. The lowest BCUT2D eigenvalue weighted by atomic mass is 10.1. The molecular formula is C23H20N2O4. The Labute approximate surface area is 168 Å². The summed E-state index contributed by atoms with van der Waals surface area (Å²) in [5.74, 6) is 1.02. The second kappa shape index (κ2) is 7.67. The number of ether oxygens (including phenoxy) is 2. The second-order valence-corrected chi connectivity index (χ2v) is 6.92. The molecule has 0 radical (unpaired) electrons. The largest absolute Gasteiger partial charge is 0.484 e. The van der Waals surface area contributed by atoms with Gasteiger partial charge in [-0.15, -0.1) is 0 Å². The van der Waals surface area contributed by atoms with Crippen LogP contribution in [0.25, 0.3) is 0 Å². The molecule has 3 aromatic rings. The van der Waals surface area contributed by atoms with Crippen LogP contribution in [0.3, 0.4) is 0 Å². The number of aryl methyl sites for hydroxylation is 2. The predicted molar refractivity (Wildman–Crippen MR) is 111 cm³/mol. The van der Waals surface area contributed by atoms with Crippen molar-refractivity contribution in [3.8, 4) is 17.2 Å². The third-order valence-corrected chi connectivity index (χ3v) is 4.47. The van der Waals surface area contributed by atoms with E-state index in [1.54, 1.807) is 24.3 Å². The molecule has 6 heteroatoms. The number of amides is 2. The van der Waals surface area contributed by atoms with E-state index >= 15 is 0 Å². The number of anilines is 2. The van der Waals surface area contributed by atoms with Gasteiger partial charge in [-0.1, -0.05) is 18.2 Å². The van der Waals surface area contributed by atoms with Crippen molar-refractivity contribution in [3.63, 3.8) is 0 Å². The molecule has 0 aromatic heterocycles. The summed E-state index contributed by atoms with van der Waals surface area (Å²) < 4.78 is 11.4. The minimum Gasteiger partial charge on any atom is -0.484 e. The van der Waals surface area contributed by atoms with Gasteiger partial charge in [0.05, 0.1) is 11.3 Å². The van der Waals surface area contributed by atoms with Gasteiger partial charge in [-0.3, -0.25) is 9.59 Å². The van der Waals surface area contributed by atoms with Crippen molar-refractivity contribution in [2.24, 2.45) is 0 Å². The van der Waals surface area contributed by atoms with Gasteiger partial charge in [0, 0.05) is 5.69 Å². The third kappa shape index (κ3) is 4.21. The Bertz CT molecular complexity index is 1110. The molecule has 0 unspecified atom stereocenters. The topological polar surface area (TPSA) is 76.7 Å². The molecule has 0 bridgehead atoms. The van der Waals surface area contributed by atoms with Crippen molar-refractivity contribution in [2.45, 2.75) is 13.8 Å². The lowest BCUT2D eigenvalue weighted by Crippen LogP contribution is -2.20. The highest BCUT2D eigenvalue weighted by molar-refractivity contribution is 6.09. The molecule has 146 valence electrons. The molecule has 6 nitrogen and oxygen atoms in total. The van der Waals surface area contributed by atoms with Crippen molar-refractivity contribution < 1.29 is 19.1 Å². The van der Waals surface area contributed by atoms with Gasteiger partial charge in [-0.2, -0.15) is 0 Å². The number of hydrogen-bond donors (Lipinski definition) is 2. The van der Waals surface area contributed by atoms with Gasteiger partial charge < -0.3 is 20.1 Å². The molecular weight excluding hydrogens is 368 g/mol. The molecule has 1 heterocycles. The number of fused-ring (bicyclic) bond motifs is 2. The Hall–Kier alpha value is -3.80. The number of carbonyl (C=O) groups is 2. The number of carbonyl (C=O) groups excluding carboxylic acids is 2. The molecule has 29 heavy (non-hydrogen) atoms. The summed E-state index contributed by atoms with van der Waals surface area (Å²) in [5, 5.41) is 5.60. The van der Waals surface area contributed by atoms with E-state index in [9.17, 15) is 9.59 Å². The number of rotatable bonds is 4. The van der Waals surface area contributed by atoms with Crippen molar-refractivity contribution in [3.05, 3.63) is 77.4 Å². The smallest absolute Gasteiger partial charge is 0.262 e. The van der Waals surface area contributed by atoms with Crippen LogP contribution < -0.4 is 20.1 Å². The maximum atomic E-state index is 12.6. The van der Waals surface area contributed by atoms with E-state index < -0.39 is 0 Å². The van der Waals surface area contributed by atoms with Crippen LogP contribution in [-0.2, 0) is 4.79 Å². The Kier molecular flexibility index (Phi) is 4.91. The molecule has 1 aliphatic rings. The summed E-state index contributed by atoms with van der Waals surface area (Å²) in [6.45, 7) is 3.76. The lowest BCUT2D eigenvalue weighted by Gasteiger charge is -2.11. The lowest BCUT2D eigenvalue weighted by molar-refractivity contribution is -0.118. The highest BCUT2D eigenvalue weighted by atomic mass is 16.5. The molecule has 0 spiro atoms. The Morgan fingerprint density at radius 3 is 2.62 bits per heavy atom. The number of benzene rings is 3. The quantitative estimate of drug-likeness (QED) is 0.680. The van der Waals surface area contributed by atoms with E-state index in [0.717, 1.165) is 11.1 Å². The zero-order chi connectivity index (χ0) is 20.4. The predicted octanol–water partition coefficient (Wildman–Crippen LogP) is 4.68. The first-order valence-corrected chi connectivity index (χ1v) is 9.21. The summed E-state index contributed by atoms with van der Waals surface area (Å²) in [6.07, 6.45) is 0. The standard InChI is InChI=1S/C23H20N2O4/c1-14-4-3-5-17(10-14)28-13-22(26)24-16-7-9-20-18(12-16)23(27)25-19-11-15(2)6-8-21(19)29-20/h3-12H,13H2,1-2H3,(H,24,26)(H,25,27). The fourth-order valence-electron chi connectivity index (χ4n) is 3.06. The van der Waals surface area contributed by atoms with E-state index in [2.05, 4.69) is 10.6 Å². The number of nitrogens with one attached hydrogen (secondary N) is 2. The van der Waals surface area contributed by atoms with Gasteiger partial charge in [0.1, 0.15) is 11.5 Å². The summed E-state index contributed by atoms with van der Waals surface area (Å²) in [6, 6.07) is 18.0. The monoisotopic (exact) mass is 388 g/mol. The van der Waals surface area contributed by atoms with Crippen LogP contribution >= 0.6 is 0 Å². The van der Waals surface area contributed by atoms with Crippen LogP contribution in [0.2, 0.25) is 0 Å². The summed E-state index contributed by atoms with van der Waals surface area (Å²) in [5.41, 5.74) is 3.51. The molecule has 0 aliphatic carbocycles. The third-order valence-electron chi connectivity index (χ3n) is 4.47. The maximum Gasteiger partial charge on any atom is 0.262 e. The van der Waals surface area contributed by atoms with Gasteiger partial charge in [0.25, 0.3) is 11.8 Å². The summed E-state index contributed by atoms with van der Waals surface area (Å²) >= 11 is 0. The maximum absolute atomic E-state index is 12.6. The first-order chi connectivity index (χ1) is 14.0. The van der Waals surface area contributed by atoms with Crippen molar-refractivity contribution >= 4 is 23.2 Å². The van der Waals surface area contributed by atoms with E-state index in [0.29, 0.717) is 34.2 Å². The van der Waals surface area contributed by atoms with Gasteiger partial charge >= 0.3 is 0 Å². The second-order valence-electron chi connectivity index (χ2n) is 6.92. The van der Waals surface area contributed by atoms with Crippen LogP contribution in [-0.4, -0.2) is 18.4 Å². The van der Waals surface area contributed by atoms with Gasteiger partial charge in [-0.05, 0) is 67.4 Å². The minimum atomic E-state index is -0.319. The molecule has 0 fully saturated rings. The summed E-state index contributed by atoms with van der Waals surface area (Å²) in [7, 11) is 0. The van der Waals surface area contributed by atoms with E-state index in [4.69, 9.17) is 9.47 Å². The molecule has 0 saturated carbocycles. The van der Waals surface area contributed by atoms with Crippen LogP contribution in [0.4, 0.5) is 11.4 Å².